The predicted molar refractivity (Wildman–Crippen MR) is 62.0 cm³/mol. The van der Waals surface area contributed by atoms with Crippen LogP contribution >= 0.6 is 22.9 Å². The van der Waals surface area contributed by atoms with Crippen molar-refractivity contribution in [3.8, 4) is 0 Å². The van der Waals surface area contributed by atoms with Crippen molar-refractivity contribution >= 4 is 22.9 Å². The summed E-state index contributed by atoms with van der Waals surface area (Å²) in [5.74, 6) is 1.44. The van der Waals surface area contributed by atoms with Crippen molar-refractivity contribution in [1.29, 1.82) is 0 Å². The Morgan fingerprint density at radius 3 is 2.79 bits per heavy atom. The molecule has 1 aliphatic rings. The number of hydrogen-bond donors (Lipinski definition) is 0. The molecule has 78 valence electrons. The van der Waals surface area contributed by atoms with Crippen molar-refractivity contribution in [1.82, 2.24) is 4.98 Å². The highest BCUT2D eigenvalue weighted by atomic mass is 35.5. The van der Waals surface area contributed by atoms with E-state index >= 15 is 0 Å². The first-order valence-electron chi connectivity index (χ1n) is 5.37. The minimum absolute atomic E-state index is 0.557. The van der Waals surface area contributed by atoms with E-state index in [9.17, 15) is 0 Å². The average molecular weight is 230 g/mol. The zero-order chi connectivity index (χ0) is 9.80. The Hall–Kier alpha value is -0.0800. The number of aromatic nitrogens is 1. The Morgan fingerprint density at radius 1 is 1.36 bits per heavy atom. The van der Waals surface area contributed by atoms with E-state index in [2.05, 4.69) is 10.4 Å². The molecule has 1 saturated carbocycles. The fourth-order valence-electron chi connectivity index (χ4n) is 2.14. The lowest BCUT2D eigenvalue weighted by Crippen LogP contribution is -2.08. The Kier molecular flexibility index (Phi) is 3.82. The van der Waals surface area contributed by atoms with Gasteiger partial charge in [0.1, 0.15) is 0 Å². The number of thiazole rings is 1. The fraction of sp³-hybridized carbons (Fsp3) is 0.727. The molecule has 1 aromatic heterocycles. The molecule has 1 aliphatic carbocycles. The second-order valence-electron chi connectivity index (χ2n) is 4.07. The summed E-state index contributed by atoms with van der Waals surface area (Å²) in [5.41, 5.74) is 1.04. The molecule has 0 spiro atoms. The Balaban J connectivity index is 1.89. The summed E-state index contributed by atoms with van der Waals surface area (Å²) in [6.45, 7) is 0. The van der Waals surface area contributed by atoms with Crippen molar-refractivity contribution < 1.29 is 0 Å². The highest BCUT2D eigenvalue weighted by Crippen LogP contribution is 2.27. The highest BCUT2D eigenvalue weighted by molar-refractivity contribution is 7.09. The van der Waals surface area contributed by atoms with Crippen LogP contribution in [0.25, 0.3) is 0 Å². The highest BCUT2D eigenvalue weighted by Gasteiger charge is 2.15. The summed E-state index contributed by atoms with van der Waals surface area (Å²) >= 11 is 7.50. The topological polar surface area (TPSA) is 12.9 Å². The first kappa shape index (κ1) is 10.4. The molecule has 1 fully saturated rings. The molecular formula is C11H16ClNS. The maximum absolute atomic E-state index is 5.73. The van der Waals surface area contributed by atoms with E-state index in [0.717, 1.165) is 11.6 Å². The van der Waals surface area contributed by atoms with Crippen LogP contribution in [0.5, 0.6) is 0 Å². The molecular weight excluding hydrogens is 214 g/mol. The van der Waals surface area contributed by atoms with Crippen molar-refractivity contribution in [3.05, 3.63) is 16.1 Å². The summed E-state index contributed by atoms with van der Waals surface area (Å²) in [5, 5.41) is 3.37. The van der Waals surface area contributed by atoms with Crippen LogP contribution in [0.4, 0.5) is 0 Å². The number of rotatable bonds is 3. The van der Waals surface area contributed by atoms with Gasteiger partial charge in [0, 0.05) is 11.8 Å². The van der Waals surface area contributed by atoms with Crippen molar-refractivity contribution in [2.24, 2.45) is 5.92 Å². The van der Waals surface area contributed by atoms with Crippen LogP contribution in [0.15, 0.2) is 5.38 Å². The average Bonchev–Trinajstić information content (AvgIpc) is 2.67. The third kappa shape index (κ3) is 2.71. The van der Waals surface area contributed by atoms with E-state index in [1.165, 1.54) is 43.5 Å². The van der Waals surface area contributed by atoms with E-state index in [4.69, 9.17) is 11.6 Å². The van der Waals surface area contributed by atoms with Gasteiger partial charge in [-0.15, -0.1) is 22.9 Å². The van der Waals surface area contributed by atoms with E-state index < -0.39 is 0 Å². The van der Waals surface area contributed by atoms with Gasteiger partial charge in [-0.3, -0.25) is 0 Å². The van der Waals surface area contributed by atoms with Crippen molar-refractivity contribution in [3.63, 3.8) is 0 Å². The van der Waals surface area contributed by atoms with Gasteiger partial charge >= 0.3 is 0 Å². The molecule has 0 atom stereocenters. The van der Waals surface area contributed by atoms with Gasteiger partial charge in [0.05, 0.1) is 16.6 Å². The molecule has 0 unspecified atom stereocenters. The lowest BCUT2D eigenvalue weighted by atomic mass is 9.87. The van der Waals surface area contributed by atoms with Gasteiger partial charge in [0.25, 0.3) is 0 Å². The molecule has 1 aromatic rings. The van der Waals surface area contributed by atoms with Gasteiger partial charge in [-0.2, -0.15) is 0 Å². The van der Waals surface area contributed by atoms with Crippen LogP contribution in [0.2, 0.25) is 0 Å². The Bertz CT molecular complexity index is 279. The molecule has 2 rings (SSSR count). The standard InChI is InChI=1S/C11H16ClNS/c12-7-10-8-14-11(13-10)6-9-4-2-1-3-5-9/h8-9H,1-7H2. The third-order valence-electron chi connectivity index (χ3n) is 2.92. The summed E-state index contributed by atoms with van der Waals surface area (Å²) in [7, 11) is 0. The second kappa shape index (κ2) is 5.13. The Labute approximate surface area is 94.5 Å². The molecule has 14 heavy (non-hydrogen) atoms. The Morgan fingerprint density at radius 2 is 2.14 bits per heavy atom. The van der Waals surface area contributed by atoms with Crippen LogP contribution in [0.1, 0.15) is 42.8 Å². The zero-order valence-corrected chi connectivity index (χ0v) is 9.91. The van der Waals surface area contributed by atoms with Gasteiger partial charge in [0.2, 0.25) is 0 Å². The maximum atomic E-state index is 5.73. The SMILES string of the molecule is ClCc1csc(CC2CCCCC2)n1. The van der Waals surface area contributed by atoms with Crippen LogP contribution < -0.4 is 0 Å². The minimum Gasteiger partial charge on any atom is -0.245 e. The fourth-order valence-corrected chi connectivity index (χ4v) is 3.28. The van der Waals surface area contributed by atoms with E-state index in [1.54, 1.807) is 11.3 Å². The number of halogens is 1. The summed E-state index contributed by atoms with van der Waals surface area (Å²) in [6.07, 6.45) is 8.24. The molecule has 0 N–H and O–H groups in total. The maximum Gasteiger partial charge on any atom is 0.0931 e. The summed E-state index contributed by atoms with van der Waals surface area (Å²) in [4.78, 5) is 4.51. The molecule has 0 aliphatic heterocycles. The van der Waals surface area contributed by atoms with Crippen LogP contribution in [-0.2, 0) is 12.3 Å². The first-order chi connectivity index (χ1) is 6.88. The number of nitrogens with zero attached hydrogens (tertiary/aromatic N) is 1. The van der Waals surface area contributed by atoms with Gasteiger partial charge in [-0.05, 0) is 5.92 Å². The molecule has 3 heteroatoms. The van der Waals surface area contributed by atoms with Crippen molar-refractivity contribution in [2.45, 2.75) is 44.4 Å². The van der Waals surface area contributed by atoms with Crippen molar-refractivity contribution in [2.75, 3.05) is 0 Å². The predicted octanol–water partition coefficient (Wildman–Crippen LogP) is 4.00. The van der Waals surface area contributed by atoms with E-state index in [1.807, 2.05) is 0 Å². The third-order valence-corrected chi connectivity index (χ3v) is 4.12. The quantitative estimate of drug-likeness (QED) is 0.714. The van der Waals surface area contributed by atoms with Crippen LogP contribution in [-0.4, -0.2) is 4.98 Å². The molecule has 1 nitrogen and oxygen atoms in total. The molecule has 0 saturated heterocycles. The molecule has 0 amide bonds. The lowest BCUT2D eigenvalue weighted by molar-refractivity contribution is 0.356. The zero-order valence-electron chi connectivity index (χ0n) is 8.34. The summed E-state index contributed by atoms with van der Waals surface area (Å²) in [6, 6.07) is 0. The second-order valence-corrected chi connectivity index (χ2v) is 5.28. The number of alkyl halides is 1. The van der Waals surface area contributed by atoms with Gasteiger partial charge in [-0.25, -0.2) is 4.98 Å². The minimum atomic E-state index is 0.557. The molecule has 0 bridgehead atoms. The monoisotopic (exact) mass is 229 g/mol. The van der Waals surface area contributed by atoms with Crippen LogP contribution in [0.3, 0.4) is 0 Å². The molecule has 0 aromatic carbocycles. The summed E-state index contributed by atoms with van der Waals surface area (Å²) < 4.78 is 0. The molecule has 0 radical (unpaired) electrons. The van der Waals surface area contributed by atoms with Gasteiger partial charge in [-0.1, -0.05) is 32.1 Å². The largest absolute Gasteiger partial charge is 0.245 e. The lowest BCUT2D eigenvalue weighted by Gasteiger charge is -2.20. The van der Waals surface area contributed by atoms with E-state index in [0.29, 0.717) is 5.88 Å². The smallest absolute Gasteiger partial charge is 0.0931 e. The van der Waals surface area contributed by atoms with Crippen LogP contribution in [0, 0.1) is 5.92 Å². The van der Waals surface area contributed by atoms with Gasteiger partial charge in [0.15, 0.2) is 0 Å². The molecule has 1 heterocycles. The first-order valence-corrected chi connectivity index (χ1v) is 6.79. The van der Waals surface area contributed by atoms with Gasteiger partial charge < -0.3 is 0 Å². The number of hydrogen-bond acceptors (Lipinski definition) is 2. The normalized spacial score (nSPS) is 18.6. The van der Waals surface area contributed by atoms with E-state index in [-0.39, 0.29) is 0 Å².